The quantitative estimate of drug-likeness (QED) is 0.182. The SMILES string of the molecule is O=C(O)c1cc(C(Cc2ccccc2)Cc2ccccc2)cc(C(Cc2ccccc2)Cc2ccccc2)c1O. The van der Waals surface area contributed by atoms with Crippen LogP contribution in [0.5, 0.6) is 5.75 Å². The molecule has 0 aromatic heterocycles. The third-order valence-corrected chi connectivity index (χ3v) is 7.60. The van der Waals surface area contributed by atoms with Gasteiger partial charge in [0.15, 0.2) is 0 Å². The molecule has 0 atom stereocenters. The summed E-state index contributed by atoms with van der Waals surface area (Å²) < 4.78 is 0. The minimum Gasteiger partial charge on any atom is -0.507 e. The van der Waals surface area contributed by atoms with Crippen LogP contribution in [0.25, 0.3) is 0 Å². The molecule has 0 aliphatic heterocycles. The maximum absolute atomic E-state index is 12.4. The predicted molar refractivity (Wildman–Crippen MR) is 161 cm³/mol. The molecule has 3 nitrogen and oxygen atoms in total. The number of hydrogen-bond donors (Lipinski definition) is 2. The summed E-state index contributed by atoms with van der Waals surface area (Å²) in [6.07, 6.45) is 2.91. The average Bonchev–Trinajstić information content (AvgIpc) is 2.99. The van der Waals surface area contributed by atoms with Gasteiger partial charge < -0.3 is 10.2 Å². The second-order valence-corrected chi connectivity index (χ2v) is 10.5. The number of aromatic hydroxyl groups is 1. The molecule has 200 valence electrons. The molecule has 40 heavy (non-hydrogen) atoms. The fourth-order valence-corrected chi connectivity index (χ4v) is 5.58. The van der Waals surface area contributed by atoms with Gasteiger partial charge in [-0.1, -0.05) is 127 Å². The highest BCUT2D eigenvalue weighted by Crippen LogP contribution is 2.38. The standard InChI is InChI=1S/C37H34O3/c38-36-34(33(23-29-17-9-3-10-18-29)24-30-19-11-4-12-20-30)25-32(26-35(36)37(39)40)31(21-27-13-5-1-6-14-27)22-28-15-7-2-8-16-28/h1-20,25-26,31,33,38H,21-24H2,(H,39,40). The van der Waals surface area contributed by atoms with Crippen molar-refractivity contribution in [3.63, 3.8) is 0 Å². The van der Waals surface area contributed by atoms with Crippen molar-refractivity contribution in [3.05, 3.63) is 172 Å². The molecule has 5 rings (SSSR count). The lowest BCUT2D eigenvalue weighted by Gasteiger charge is -2.24. The van der Waals surface area contributed by atoms with Gasteiger partial charge in [-0.05, 0) is 77.0 Å². The number of aromatic carboxylic acids is 1. The van der Waals surface area contributed by atoms with Crippen molar-refractivity contribution in [1.82, 2.24) is 0 Å². The first-order valence-electron chi connectivity index (χ1n) is 13.8. The van der Waals surface area contributed by atoms with Gasteiger partial charge in [0.1, 0.15) is 11.3 Å². The van der Waals surface area contributed by atoms with Crippen LogP contribution in [0.4, 0.5) is 0 Å². The Bertz CT molecular complexity index is 1430. The van der Waals surface area contributed by atoms with E-state index in [2.05, 4.69) is 54.6 Å². The lowest BCUT2D eigenvalue weighted by molar-refractivity contribution is 0.0693. The van der Waals surface area contributed by atoms with Crippen molar-refractivity contribution >= 4 is 5.97 Å². The zero-order valence-corrected chi connectivity index (χ0v) is 22.5. The van der Waals surface area contributed by atoms with Crippen molar-refractivity contribution in [3.8, 4) is 5.75 Å². The molecular weight excluding hydrogens is 492 g/mol. The van der Waals surface area contributed by atoms with Gasteiger partial charge in [0.25, 0.3) is 0 Å². The van der Waals surface area contributed by atoms with Crippen LogP contribution in [0, 0.1) is 0 Å². The summed E-state index contributed by atoms with van der Waals surface area (Å²) in [7, 11) is 0. The van der Waals surface area contributed by atoms with E-state index in [-0.39, 0.29) is 23.1 Å². The molecule has 0 bridgehead atoms. The first kappa shape index (κ1) is 27.0. The van der Waals surface area contributed by atoms with Gasteiger partial charge in [-0.15, -0.1) is 0 Å². The van der Waals surface area contributed by atoms with E-state index in [4.69, 9.17) is 0 Å². The largest absolute Gasteiger partial charge is 0.507 e. The van der Waals surface area contributed by atoms with E-state index in [9.17, 15) is 15.0 Å². The highest BCUT2D eigenvalue weighted by atomic mass is 16.4. The zero-order valence-electron chi connectivity index (χ0n) is 22.5. The maximum atomic E-state index is 12.4. The van der Waals surface area contributed by atoms with Gasteiger partial charge in [0.2, 0.25) is 0 Å². The molecule has 0 fully saturated rings. The summed E-state index contributed by atoms with van der Waals surface area (Å²) in [6, 6.07) is 44.8. The van der Waals surface area contributed by atoms with Gasteiger partial charge in [-0.2, -0.15) is 0 Å². The van der Waals surface area contributed by atoms with Crippen LogP contribution in [0.3, 0.4) is 0 Å². The summed E-state index contributed by atoms with van der Waals surface area (Å²) in [5.74, 6) is -1.31. The van der Waals surface area contributed by atoms with Crippen molar-refractivity contribution < 1.29 is 15.0 Å². The van der Waals surface area contributed by atoms with Gasteiger partial charge in [-0.3, -0.25) is 0 Å². The van der Waals surface area contributed by atoms with E-state index in [1.807, 2.05) is 72.8 Å². The lowest BCUT2D eigenvalue weighted by atomic mass is 9.80. The highest BCUT2D eigenvalue weighted by molar-refractivity contribution is 5.91. The second-order valence-electron chi connectivity index (χ2n) is 10.5. The Morgan fingerprint density at radius 3 is 1.23 bits per heavy atom. The number of hydrogen-bond acceptors (Lipinski definition) is 2. The smallest absolute Gasteiger partial charge is 0.339 e. The summed E-state index contributed by atoms with van der Waals surface area (Å²) in [5, 5.41) is 21.6. The Labute approximate surface area is 236 Å². The lowest BCUT2D eigenvalue weighted by Crippen LogP contribution is -2.13. The third-order valence-electron chi connectivity index (χ3n) is 7.60. The molecule has 0 saturated carbocycles. The van der Waals surface area contributed by atoms with Gasteiger partial charge in [0.05, 0.1) is 0 Å². The number of carboxylic acid groups (broad SMARTS) is 1. The van der Waals surface area contributed by atoms with E-state index >= 15 is 0 Å². The molecule has 5 aromatic rings. The molecule has 0 aliphatic rings. The topological polar surface area (TPSA) is 57.5 Å². The van der Waals surface area contributed by atoms with Crippen LogP contribution in [-0.4, -0.2) is 16.2 Å². The molecule has 0 amide bonds. The summed E-state index contributed by atoms with van der Waals surface area (Å²) in [5.41, 5.74) is 6.27. The van der Waals surface area contributed by atoms with Gasteiger partial charge >= 0.3 is 5.97 Å². The van der Waals surface area contributed by atoms with Crippen molar-refractivity contribution in [2.45, 2.75) is 37.5 Å². The second kappa shape index (κ2) is 12.9. The third kappa shape index (κ3) is 6.86. The van der Waals surface area contributed by atoms with Gasteiger partial charge in [0, 0.05) is 0 Å². The molecule has 0 saturated heterocycles. The van der Waals surface area contributed by atoms with Crippen LogP contribution in [0.15, 0.2) is 133 Å². The Balaban J connectivity index is 1.61. The molecule has 0 radical (unpaired) electrons. The first-order valence-corrected chi connectivity index (χ1v) is 13.8. The molecule has 2 N–H and O–H groups in total. The summed E-state index contributed by atoms with van der Waals surface area (Å²) in [6.45, 7) is 0. The van der Waals surface area contributed by atoms with Crippen LogP contribution in [0.2, 0.25) is 0 Å². The summed E-state index contributed by atoms with van der Waals surface area (Å²) >= 11 is 0. The first-order chi connectivity index (χ1) is 19.6. The van der Waals surface area contributed by atoms with E-state index in [1.165, 1.54) is 11.1 Å². The number of carbonyl (C=O) groups is 1. The van der Waals surface area contributed by atoms with E-state index < -0.39 is 5.97 Å². The Morgan fingerprint density at radius 1 is 0.525 bits per heavy atom. The van der Waals surface area contributed by atoms with E-state index in [0.29, 0.717) is 18.4 Å². The van der Waals surface area contributed by atoms with Gasteiger partial charge in [-0.25, -0.2) is 4.79 Å². The Hall–Kier alpha value is -4.63. The predicted octanol–water partition coefficient (Wildman–Crippen LogP) is 8.23. The Kier molecular flexibility index (Phi) is 8.73. The number of benzene rings is 5. The molecule has 0 aliphatic carbocycles. The molecule has 3 heteroatoms. The van der Waals surface area contributed by atoms with Crippen molar-refractivity contribution in [2.75, 3.05) is 0 Å². The molecule has 0 heterocycles. The molecule has 0 spiro atoms. The number of phenols is 1. The van der Waals surface area contributed by atoms with Crippen molar-refractivity contribution in [1.29, 1.82) is 0 Å². The molecular formula is C37H34O3. The monoisotopic (exact) mass is 526 g/mol. The van der Waals surface area contributed by atoms with Crippen LogP contribution in [-0.2, 0) is 25.7 Å². The normalized spacial score (nSPS) is 11.2. The van der Waals surface area contributed by atoms with E-state index in [1.54, 1.807) is 6.07 Å². The molecule has 0 unspecified atom stereocenters. The zero-order chi connectivity index (χ0) is 27.7. The maximum Gasteiger partial charge on any atom is 0.339 e. The minimum absolute atomic E-state index is 0.0373. The highest BCUT2D eigenvalue weighted by Gasteiger charge is 2.25. The fourth-order valence-electron chi connectivity index (χ4n) is 5.58. The van der Waals surface area contributed by atoms with E-state index in [0.717, 1.165) is 29.5 Å². The van der Waals surface area contributed by atoms with Crippen LogP contribution >= 0.6 is 0 Å². The fraction of sp³-hybridized carbons (Fsp3) is 0.162. The number of rotatable bonds is 11. The van der Waals surface area contributed by atoms with Crippen LogP contribution in [0.1, 0.15) is 55.6 Å². The van der Waals surface area contributed by atoms with Crippen molar-refractivity contribution in [2.24, 2.45) is 0 Å². The summed E-state index contributed by atoms with van der Waals surface area (Å²) in [4.78, 5) is 12.4. The Morgan fingerprint density at radius 2 is 0.875 bits per heavy atom. The molecule has 5 aromatic carbocycles. The van der Waals surface area contributed by atoms with Crippen LogP contribution < -0.4 is 0 Å². The minimum atomic E-state index is -1.11. The number of carboxylic acids is 1. The average molecular weight is 527 g/mol.